The van der Waals surface area contributed by atoms with Gasteiger partial charge in [-0.05, 0) is 0 Å². The van der Waals surface area contributed by atoms with Gasteiger partial charge in [0.15, 0.2) is 0 Å². The molecule has 0 aromatic heterocycles. The summed E-state index contributed by atoms with van der Waals surface area (Å²) in [5.41, 5.74) is 0. The molecule has 0 aliphatic carbocycles. The van der Waals surface area contributed by atoms with Crippen molar-refractivity contribution in [2.75, 3.05) is 0 Å². The van der Waals surface area contributed by atoms with Crippen molar-refractivity contribution >= 4 is 24.4 Å². The molecule has 1 N–H and O–H groups in total. The second-order valence-electron chi connectivity index (χ2n) is 1.58. The number of hydrogen-bond donors (Lipinski definition) is 1. The fourth-order valence-electron chi connectivity index (χ4n) is 0.457. The Morgan fingerprint density at radius 3 is 2.18 bits per heavy atom. The van der Waals surface area contributed by atoms with Crippen molar-refractivity contribution in [3.8, 4) is 0 Å². The van der Waals surface area contributed by atoms with Crippen molar-refractivity contribution in [3.05, 3.63) is 12.8 Å². The molecule has 64 valence electrons. The second kappa shape index (κ2) is 5.73. The topological polar surface area (TPSA) is 57.6 Å². The normalized spacial score (nSPS) is 7.73. The molecule has 0 bridgehead atoms. The average molecular weight is 180 g/mol. The van der Waals surface area contributed by atoms with Crippen LogP contribution < -0.4 is 0 Å². The van der Waals surface area contributed by atoms with Gasteiger partial charge in [-0.2, -0.15) is 0 Å². The Morgan fingerprint density at radius 1 is 1.64 bits per heavy atom. The third-order valence-electron chi connectivity index (χ3n) is 0.960. The summed E-state index contributed by atoms with van der Waals surface area (Å²) in [6, 6.07) is 0. The Hall–Kier alpha value is -1.03. The number of hydrogen-bond acceptors (Lipinski definition) is 2. The van der Waals surface area contributed by atoms with E-state index in [4.69, 9.17) is 5.11 Å². The van der Waals surface area contributed by atoms with Crippen LogP contribution in [-0.4, -0.2) is 22.0 Å². The summed E-state index contributed by atoms with van der Waals surface area (Å²) in [5.74, 6) is -0.470. The molecule has 4 nitrogen and oxygen atoms in total. The highest BCUT2D eigenvalue weighted by atomic mass is 35.5. The van der Waals surface area contributed by atoms with Gasteiger partial charge in [0.25, 0.3) is 0 Å². The molecule has 2 amide bonds. The van der Waals surface area contributed by atoms with E-state index >= 15 is 0 Å². The molecule has 0 rings (SSSR count). The van der Waals surface area contributed by atoms with Crippen molar-refractivity contribution in [2.24, 2.45) is 0 Å². The van der Waals surface area contributed by atoms with Gasteiger partial charge in [-0.3, -0.25) is 4.79 Å². The highest BCUT2D eigenvalue weighted by molar-refractivity contribution is 5.92. The molecule has 0 fully saturated rings. The van der Waals surface area contributed by atoms with Crippen molar-refractivity contribution in [1.29, 1.82) is 0 Å². The summed E-state index contributed by atoms with van der Waals surface area (Å²) in [4.78, 5) is 21.4. The first-order valence-corrected chi connectivity index (χ1v) is 2.81. The predicted octanol–water partition coefficient (Wildman–Crippen LogP) is 1.47. The maximum Gasteiger partial charge on any atom is 0.418 e. The lowest BCUT2D eigenvalue weighted by atomic mass is 10.4. The third-order valence-corrected chi connectivity index (χ3v) is 0.960. The molecule has 0 spiro atoms. The van der Waals surface area contributed by atoms with Gasteiger partial charge in [0, 0.05) is 12.6 Å². The number of rotatable bonds is 2. The van der Waals surface area contributed by atoms with Gasteiger partial charge in [0.05, 0.1) is 0 Å². The molecule has 0 aromatic rings. The van der Waals surface area contributed by atoms with Gasteiger partial charge < -0.3 is 5.11 Å². The second-order valence-corrected chi connectivity index (χ2v) is 1.58. The van der Waals surface area contributed by atoms with Crippen LogP contribution in [0, 0.1) is 0 Å². The fourth-order valence-corrected chi connectivity index (χ4v) is 0.457. The van der Waals surface area contributed by atoms with E-state index in [9.17, 15) is 9.59 Å². The van der Waals surface area contributed by atoms with Crippen LogP contribution in [0.25, 0.3) is 0 Å². The summed E-state index contributed by atoms with van der Waals surface area (Å²) in [6.07, 6.45) is -0.145. The number of halogens is 1. The summed E-state index contributed by atoms with van der Waals surface area (Å²) < 4.78 is 0. The van der Waals surface area contributed by atoms with E-state index in [-0.39, 0.29) is 18.8 Å². The lowest BCUT2D eigenvalue weighted by Crippen LogP contribution is -2.29. The van der Waals surface area contributed by atoms with E-state index < -0.39 is 12.0 Å². The lowest BCUT2D eigenvalue weighted by Gasteiger charge is -2.08. The van der Waals surface area contributed by atoms with E-state index in [1.54, 1.807) is 6.92 Å². The van der Waals surface area contributed by atoms with E-state index in [1.807, 2.05) is 0 Å². The van der Waals surface area contributed by atoms with Crippen LogP contribution >= 0.6 is 12.4 Å². The SMILES string of the molecule is C=CN(C(=O)O)C(=O)CC.Cl. The Morgan fingerprint density at radius 2 is 2.09 bits per heavy atom. The maximum absolute atomic E-state index is 10.7. The van der Waals surface area contributed by atoms with Crippen molar-refractivity contribution in [2.45, 2.75) is 13.3 Å². The number of carbonyl (C=O) groups excluding carboxylic acids is 1. The minimum Gasteiger partial charge on any atom is -0.464 e. The smallest absolute Gasteiger partial charge is 0.418 e. The quantitative estimate of drug-likeness (QED) is 0.699. The molecular formula is C6H10ClNO3. The molecule has 0 saturated heterocycles. The van der Waals surface area contributed by atoms with Crippen molar-refractivity contribution in [1.82, 2.24) is 4.90 Å². The monoisotopic (exact) mass is 179 g/mol. The lowest BCUT2D eigenvalue weighted by molar-refractivity contribution is -0.126. The van der Waals surface area contributed by atoms with E-state index in [1.165, 1.54) is 0 Å². The number of carboxylic acid groups (broad SMARTS) is 1. The summed E-state index contributed by atoms with van der Waals surface area (Å²) in [5, 5.41) is 8.31. The van der Waals surface area contributed by atoms with E-state index in [0.29, 0.717) is 4.90 Å². The van der Waals surface area contributed by atoms with Crippen LogP contribution in [0.3, 0.4) is 0 Å². The minimum atomic E-state index is -1.29. The Balaban J connectivity index is 0. The van der Waals surface area contributed by atoms with Gasteiger partial charge in [0.2, 0.25) is 5.91 Å². The first kappa shape index (κ1) is 12.6. The van der Waals surface area contributed by atoms with Gasteiger partial charge in [-0.25, -0.2) is 9.69 Å². The van der Waals surface area contributed by atoms with Gasteiger partial charge in [-0.1, -0.05) is 13.5 Å². The summed E-state index contributed by atoms with van der Waals surface area (Å²) >= 11 is 0. The highest BCUT2D eigenvalue weighted by Gasteiger charge is 2.13. The van der Waals surface area contributed by atoms with Crippen LogP contribution in [0.15, 0.2) is 12.8 Å². The first-order chi connectivity index (χ1) is 4.63. The van der Waals surface area contributed by atoms with E-state index in [2.05, 4.69) is 6.58 Å². The molecule has 0 atom stereocenters. The molecule has 0 aliphatic heterocycles. The minimum absolute atomic E-state index is 0. The Labute approximate surface area is 70.9 Å². The van der Waals surface area contributed by atoms with Gasteiger partial charge >= 0.3 is 6.09 Å². The summed E-state index contributed by atoms with van der Waals surface area (Å²) in [6.45, 7) is 4.76. The fraction of sp³-hybridized carbons (Fsp3) is 0.333. The van der Waals surface area contributed by atoms with Gasteiger partial charge in [-0.15, -0.1) is 12.4 Å². The molecule has 0 heterocycles. The molecule has 0 saturated carbocycles. The zero-order valence-corrected chi connectivity index (χ0v) is 6.93. The van der Waals surface area contributed by atoms with Crippen LogP contribution in [0.1, 0.15) is 13.3 Å². The largest absolute Gasteiger partial charge is 0.464 e. The first-order valence-electron chi connectivity index (χ1n) is 2.81. The molecule has 11 heavy (non-hydrogen) atoms. The standard InChI is InChI=1S/C6H9NO3.ClH/c1-3-5(8)7(4-2)6(9)10;/h4H,2-3H2,1H3,(H,9,10);1H. The summed E-state index contributed by atoms with van der Waals surface area (Å²) in [7, 11) is 0. The van der Waals surface area contributed by atoms with E-state index in [0.717, 1.165) is 6.20 Å². The number of nitrogens with zero attached hydrogens (tertiary/aromatic N) is 1. The number of amides is 2. The number of carbonyl (C=O) groups is 2. The third kappa shape index (κ3) is 3.62. The predicted molar refractivity (Wildman–Crippen MR) is 42.6 cm³/mol. The van der Waals surface area contributed by atoms with Crippen LogP contribution in [0.2, 0.25) is 0 Å². The van der Waals surface area contributed by atoms with Crippen LogP contribution in [0.4, 0.5) is 4.79 Å². The number of imide groups is 1. The zero-order valence-electron chi connectivity index (χ0n) is 6.11. The van der Waals surface area contributed by atoms with Crippen LogP contribution in [0.5, 0.6) is 0 Å². The Kier molecular flexibility index (Phi) is 6.58. The van der Waals surface area contributed by atoms with Crippen molar-refractivity contribution < 1.29 is 14.7 Å². The molecule has 0 aliphatic rings. The molecule has 0 radical (unpaired) electrons. The maximum atomic E-state index is 10.7. The molecular weight excluding hydrogens is 170 g/mol. The molecule has 5 heteroatoms. The molecule has 0 aromatic carbocycles. The molecule has 0 unspecified atom stereocenters. The zero-order chi connectivity index (χ0) is 8.15. The average Bonchev–Trinajstić information content (AvgIpc) is 1.88. The Bertz CT molecular complexity index is 169. The van der Waals surface area contributed by atoms with Gasteiger partial charge in [0.1, 0.15) is 0 Å². The highest BCUT2D eigenvalue weighted by Crippen LogP contribution is 1.93. The van der Waals surface area contributed by atoms with Crippen molar-refractivity contribution in [3.63, 3.8) is 0 Å². The van der Waals surface area contributed by atoms with Crippen LogP contribution in [-0.2, 0) is 4.79 Å².